The van der Waals surface area contributed by atoms with E-state index < -0.39 is 0 Å². The van der Waals surface area contributed by atoms with Crippen molar-refractivity contribution in [3.05, 3.63) is 35.9 Å². The molecule has 2 fully saturated rings. The van der Waals surface area contributed by atoms with Gasteiger partial charge in [0, 0.05) is 18.6 Å². The van der Waals surface area contributed by atoms with E-state index in [0.29, 0.717) is 0 Å². The van der Waals surface area contributed by atoms with Crippen LogP contribution in [0.1, 0.15) is 44.6 Å². The van der Waals surface area contributed by atoms with E-state index in [1.165, 1.54) is 63.7 Å². The molecular formula is C19H30N2. The van der Waals surface area contributed by atoms with Gasteiger partial charge in [0.1, 0.15) is 0 Å². The summed E-state index contributed by atoms with van der Waals surface area (Å²) in [4.78, 5) is 2.85. The number of piperidine rings is 1. The Kier molecular flexibility index (Phi) is 5.32. The van der Waals surface area contributed by atoms with Crippen LogP contribution in [0.3, 0.4) is 0 Å². The van der Waals surface area contributed by atoms with Crippen molar-refractivity contribution in [2.24, 2.45) is 5.92 Å². The van der Waals surface area contributed by atoms with Gasteiger partial charge in [0.05, 0.1) is 0 Å². The van der Waals surface area contributed by atoms with Gasteiger partial charge in [-0.15, -0.1) is 0 Å². The van der Waals surface area contributed by atoms with Crippen LogP contribution in [0.2, 0.25) is 0 Å². The van der Waals surface area contributed by atoms with E-state index in [1.54, 1.807) is 0 Å². The van der Waals surface area contributed by atoms with Crippen LogP contribution in [-0.2, 0) is 6.42 Å². The number of rotatable bonds is 7. The molecule has 2 nitrogen and oxygen atoms in total. The molecule has 2 heteroatoms. The van der Waals surface area contributed by atoms with E-state index in [1.807, 2.05) is 0 Å². The van der Waals surface area contributed by atoms with Gasteiger partial charge >= 0.3 is 0 Å². The number of nitrogens with one attached hydrogen (secondary N) is 1. The van der Waals surface area contributed by atoms with Gasteiger partial charge in [-0.1, -0.05) is 37.3 Å². The molecule has 2 atom stereocenters. The summed E-state index contributed by atoms with van der Waals surface area (Å²) in [7, 11) is 0. The first kappa shape index (κ1) is 15.1. The van der Waals surface area contributed by atoms with Crippen LogP contribution in [0.5, 0.6) is 0 Å². The monoisotopic (exact) mass is 286 g/mol. The van der Waals surface area contributed by atoms with E-state index in [-0.39, 0.29) is 0 Å². The van der Waals surface area contributed by atoms with Crippen molar-refractivity contribution < 1.29 is 0 Å². The highest BCUT2D eigenvalue weighted by molar-refractivity contribution is 5.16. The lowest BCUT2D eigenvalue weighted by molar-refractivity contribution is 0.139. The number of benzene rings is 1. The molecule has 1 aliphatic heterocycles. The predicted octanol–water partition coefficient (Wildman–Crippen LogP) is 3.47. The van der Waals surface area contributed by atoms with Crippen LogP contribution >= 0.6 is 0 Å². The minimum Gasteiger partial charge on any atom is -0.316 e. The second-order valence-corrected chi connectivity index (χ2v) is 6.89. The highest BCUT2D eigenvalue weighted by Crippen LogP contribution is 2.32. The average Bonchev–Trinajstić information content (AvgIpc) is 3.37. The highest BCUT2D eigenvalue weighted by Gasteiger charge is 2.34. The summed E-state index contributed by atoms with van der Waals surface area (Å²) >= 11 is 0. The maximum Gasteiger partial charge on any atom is 0.0136 e. The van der Waals surface area contributed by atoms with E-state index in [4.69, 9.17) is 0 Å². The van der Waals surface area contributed by atoms with Gasteiger partial charge in [-0.25, -0.2) is 0 Å². The van der Waals surface area contributed by atoms with Crippen LogP contribution in [0.4, 0.5) is 0 Å². The van der Waals surface area contributed by atoms with Gasteiger partial charge in [0.15, 0.2) is 0 Å². The van der Waals surface area contributed by atoms with E-state index in [0.717, 1.165) is 18.0 Å². The molecule has 1 saturated heterocycles. The summed E-state index contributed by atoms with van der Waals surface area (Å²) in [6.45, 7) is 6.12. The molecule has 1 N–H and O–H groups in total. The molecule has 1 aliphatic carbocycles. The van der Waals surface area contributed by atoms with E-state index >= 15 is 0 Å². The van der Waals surface area contributed by atoms with Crippen molar-refractivity contribution in [1.82, 2.24) is 10.2 Å². The Hall–Kier alpha value is -0.860. The maximum atomic E-state index is 3.58. The Morgan fingerprint density at radius 3 is 2.62 bits per heavy atom. The van der Waals surface area contributed by atoms with Crippen LogP contribution in [-0.4, -0.2) is 36.6 Å². The molecule has 116 valence electrons. The molecule has 1 aromatic rings. The number of hydrogen-bond donors (Lipinski definition) is 1. The first-order chi connectivity index (χ1) is 10.4. The zero-order valence-electron chi connectivity index (χ0n) is 13.4. The second-order valence-electron chi connectivity index (χ2n) is 6.89. The summed E-state index contributed by atoms with van der Waals surface area (Å²) in [5.74, 6) is 0.865. The van der Waals surface area contributed by atoms with E-state index in [9.17, 15) is 0 Å². The molecule has 0 aromatic heterocycles. The smallest absolute Gasteiger partial charge is 0.0136 e. The second kappa shape index (κ2) is 7.42. The third-order valence-corrected chi connectivity index (χ3v) is 5.14. The Morgan fingerprint density at radius 2 is 2.00 bits per heavy atom. The fourth-order valence-corrected chi connectivity index (χ4v) is 3.76. The van der Waals surface area contributed by atoms with Crippen LogP contribution < -0.4 is 5.32 Å². The standard InChI is InChI=1S/C19H30N2/c1-2-18(13-16-7-4-3-5-8-16)21(19-10-11-19)15-17-9-6-12-20-14-17/h3-5,7-8,17-20H,2,6,9-15H2,1H3. The quantitative estimate of drug-likeness (QED) is 0.825. The Bertz CT molecular complexity index is 407. The lowest BCUT2D eigenvalue weighted by Crippen LogP contribution is -2.44. The Morgan fingerprint density at radius 1 is 1.19 bits per heavy atom. The Balaban J connectivity index is 1.63. The van der Waals surface area contributed by atoms with Crippen molar-refractivity contribution >= 4 is 0 Å². The minimum absolute atomic E-state index is 0.724. The zero-order chi connectivity index (χ0) is 14.5. The van der Waals surface area contributed by atoms with Crippen molar-refractivity contribution in [2.75, 3.05) is 19.6 Å². The molecule has 2 aliphatic rings. The van der Waals surface area contributed by atoms with Gasteiger partial charge in [-0.3, -0.25) is 4.90 Å². The van der Waals surface area contributed by atoms with Gasteiger partial charge < -0.3 is 5.32 Å². The summed E-state index contributed by atoms with van der Waals surface area (Å²) in [6.07, 6.45) is 8.10. The Labute approximate surface area is 129 Å². The molecule has 1 heterocycles. The molecule has 0 spiro atoms. The van der Waals surface area contributed by atoms with Gasteiger partial charge in [-0.05, 0) is 63.1 Å². The molecule has 21 heavy (non-hydrogen) atoms. The topological polar surface area (TPSA) is 15.3 Å². The van der Waals surface area contributed by atoms with E-state index in [2.05, 4.69) is 47.5 Å². The molecule has 0 radical (unpaired) electrons. The predicted molar refractivity (Wildman–Crippen MR) is 89.5 cm³/mol. The van der Waals surface area contributed by atoms with Crippen LogP contribution in [0, 0.1) is 5.92 Å². The third-order valence-electron chi connectivity index (χ3n) is 5.14. The van der Waals surface area contributed by atoms with Crippen molar-refractivity contribution in [2.45, 2.75) is 57.5 Å². The average molecular weight is 286 g/mol. The summed E-state index contributed by atoms with van der Waals surface area (Å²) in [6, 6.07) is 12.6. The van der Waals surface area contributed by atoms with Gasteiger partial charge in [0.2, 0.25) is 0 Å². The minimum atomic E-state index is 0.724. The molecule has 0 amide bonds. The molecular weight excluding hydrogens is 256 g/mol. The summed E-state index contributed by atoms with van der Waals surface area (Å²) in [5.41, 5.74) is 1.50. The maximum absolute atomic E-state index is 3.58. The van der Waals surface area contributed by atoms with Crippen LogP contribution in [0.15, 0.2) is 30.3 Å². The van der Waals surface area contributed by atoms with Crippen molar-refractivity contribution in [1.29, 1.82) is 0 Å². The lowest BCUT2D eigenvalue weighted by atomic mass is 9.96. The number of nitrogens with zero attached hydrogens (tertiary/aromatic N) is 1. The zero-order valence-corrected chi connectivity index (χ0v) is 13.4. The molecule has 3 rings (SSSR count). The first-order valence-electron chi connectivity index (χ1n) is 8.87. The summed E-state index contributed by atoms with van der Waals surface area (Å²) in [5, 5.41) is 3.58. The SMILES string of the molecule is CCC(Cc1ccccc1)N(CC1CCCNC1)C1CC1. The van der Waals surface area contributed by atoms with Crippen molar-refractivity contribution in [3.8, 4) is 0 Å². The third kappa shape index (κ3) is 4.31. The lowest BCUT2D eigenvalue weighted by Gasteiger charge is -2.36. The van der Waals surface area contributed by atoms with Gasteiger partial charge in [-0.2, -0.15) is 0 Å². The molecule has 0 bridgehead atoms. The molecule has 2 unspecified atom stereocenters. The fraction of sp³-hybridized carbons (Fsp3) is 0.684. The largest absolute Gasteiger partial charge is 0.316 e. The molecule has 1 saturated carbocycles. The summed E-state index contributed by atoms with van der Waals surface area (Å²) < 4.78 is 0. The molecule has 1 aromatic carbocycles. The first-order valence-corrected chi connectivity index (χ1v) is 8.87. The van der Waals surface area contributed by atoms with Crippen molar-refractivity contribution in [3.63, 3.8) is 0 Å². The normalized spacial score (nSPS) is 24.2. The highest BCUT2D eigenvalue weighted by atomic mass is 15.2. The fourth-order valence-electron chi connectivity index (χ4n) is 3.76. The number of hydrogen-bond acceptors (Lipinski definition) is 2. The van der Waals surface area contributed by atoms with Crippen LogP contribution in [0.25, 0.3) is 0 Å². The van der Waals surface area contributed by atoms with Gasteiger partial charge in [0.25, 0.3) is 0 Å².